The molecule has 2 rings (SSSR count). The number of phenols is 1. The van der Waals surface area contributed by atoms with Crippen LogP contribution in [0.5, 0.6) is 5.75 Å². The predicted molar refractivity (Wildman–Crippen MR) is 59.7 cm³/mol. The molecule has 1 aromatic carbocycles. The van der Waals surface area contributed by atoms with E-state index >= 15 is 0 Å². The second kappa shape index (κ2) is 3.55. The van der Waals surface area contributed by atoms with Crippen molar-refractivity contribution in [3.63, 3.8) is 0 Å². The lowest BCUT2D eigenvalue weighted by Gasteiger charge is -2.01. The molecular weight excluding hydrogens is 190 g/mol. The number of nitrogens with zero attached hydrogens (tertiary/aromatic N) is 2. The molecule has 4 nitrogen and oxygen atoms in total. The van der Waals surface area contributed by atoms with E-state index in [1.165, 1.54) is 0 Å². The number of fused-ring (bicyclic) bond motifs is 1. The second-order valence-corrected chi connectivity index (χ2v) is 3.93. The van der Waals surface area contributed by atoms with E-state index in [1.807, 2.05) is 26.1 Å². The zero-order valence-electron chi connectivity index (χ0n) is 8.94. The quantitative estimate of drug-likeness (QED) is 0.773. The number of benzene rings is 1. The normalized spacial score (nSPS) is 13.3. The van der Waals surface area contributed by atoms with Crippen molar-refractivity contribution in [2.75, 3.05) is 0 Å². The van der Waals surface area contributed by atoms with Crippen molar-refractivity contribution < 1.29 is 5.11 Å². The second-order valence-electron chi connectivity index (χ2n) is 3.93. The van der Waals surface area contributed by atoms with Crippen molar-refractivity contribution in [1.82, 2.24) is 9.78 Å². The van der Waals surface area contributed by atoms with Gasteiger partial charge in [-0.2, -0.15) is 5.10 Å². The minimum Gasteiger partial charge on any atom is -0.506 e. The number of aromatic hydroxyl groups is 1. The molecular formula is C11H15N3O. The molecule has 0 radical (unpaired) electrons. The Morgan fingerprint density at radius 1 is 1.53 bits per heavy atom. The summed E-state index contributed by atoms with van der Waals surface area (Å²) in [7, 11) is 1.83. The first-order valence-corrected chi connectivity index (χ1v) is 4.98. The first-order valence-electron chi connectivity index (χ1n) is 4.98. The third-order valence-electron chi connectivity index (χ3n) is 2.44. The fourth-order valence-corrected chi connectivity index (χ4v) is 1.84. The van der Waals surface area contributed by atoms with Crippen molar-refractivity contribution in [2.24, 2.45) is 12.8 Å². The summed E-state index contributed by atoms with van der Waals surface area (Å²) < 4.78 is 1.70. The van der Waals surface area contributed by atoms with E-state index in [0.29, 0.717) is 0 Å². The molecule has 0 saturated carbocycles. The van der Waals surface area contributed by atoms with E-state index < -0.39 is 0 Å². The molecule has 0 fully saturated rings. The maximum Gasteiger partial charge on any atom is 0.141 e. The summed E-state index contributed by atoms with van der Waals surface area (Å²) in [5.41, 5.74) is 7.47. The average Bonchev–Trinajstić information content (AvgIpc) is 2.44. The van der Waals surface area contributed by atoms with Gasteiger partial charge in [0.1, 0.15) is 11.3 Å². The topological polar surface area (TPSA) is 64.1 Å². The van der Waals surface area contributed by atoms with Crippen LogP contribution in [0.15, 0.2) is 18.2 Å². The predicted octanol–water partition coefficient (Wildman–Crippen LogP) is 1.17. The molecule has 0 saturated heterocycles. The molecule has 80 valence electrons. The molecule has 1 unspecified atom stereocenters. The van der Waals surface area contributed by atoms with Gasteiger partial charge in [0, 0.05) is 24.9 Å². The van der Waals surface area contributed by atoms with Crippen LogP contribution in [-0.2, 0) is 13.5 Å². The summed E-state index contributed by atoms with van der Waals surface area (Å²) in [4.78, 5) is 0. The number of hydrogen-bond acceptors (Lipinski definition) is 3. The van der Waals surface area contributed by atoms with Gasteiger partial charge in [-0.1, -0.05) is 12.1 Å². The van der Waals surface area contributed by atoms with Crippen molar-refractivity contribution in [1.29, 1.82) is 0 Å². The van der Waals surface area contributed by atoms with Crippen LogP contribution in [0.3, 0.4) is 0 Å². The Bertz CT molecular complexity index is 488. The maximum atomic E-state index is 9.71. The molecule has 0 aliphatic rings. The molecule has 1 heterocycles. The largest absolute Gasteiger partial charge is 0.506 e. The highest BCUT2D eigenvalue weighted by Crippen LogP contribution is 2.26. The van der Waals surface area contributed by atoms with Crippen molar-refractivity contribution in [2.45, 2.75) is 19.4 Å². The highest BCUT2D eigenvalue weighted by atomic mass is 16.3. The Kier molecular flexibility index (Phi) is 2.36. The van der Waals surface area contributed by atoms with Gasteiger partial charge in [-0.25, -0.2) is 0 Å². The van der Waals surface area contributed by atoms with E-state index in [-0.39, 0.29) is 11.8 Å². The minimum atomic E-state index is 0.0745. The number of rotatable bonds is 2. The summed E-state index contributed by atoms with van der Waals surface area (Å²) in [6.07, 6.45) is 0.723. The Morgan fingerprint density at radius 2 is 2.27 bits per heavy atom. The lowest BCUT2D eigenvalue weighted by Crippen LogP contribution is -2.18. The van der Waals surface area contributed by atoms with Crippen molar-refractivity contribution in [3.8, 4) is 5.75 Å². The fraction of sp³-hybridized carbons (Fsp3) is 0.364. The Labute approximate surface area is 88.3 Å². The zero-order valence-corrected chi connectivity index (χ0v) is 8.94. The number of aryl methyl sites for hydroxylation is 1. The van der Waals surface area contributed by atoms with Crippen LogP contribution >= 0.6 is 0 Å². The maximum absolute atomic E-state index is 9.71. The first-order chi connectivity index (χ1) is 7.09. The number of aromatic nitrogens is 2. The lowest BCUT2D eigenvalue weighted by atomic mass is 10.1. The van der Waals surface area contributed by atoms with Crippen LogP contribution in [-0.4, -0.2) is 20.9 Å². The van der Waals surface area contributed by atoms with Gasteiger partial charge in [0.25, 0.3) is 0 Å². The van der Waals surface area contributed by atoms with Crippen LogP contribution in [0.25, 0.3) is 10.9 Å². The van der Waals surface area contributed by atoms with Gasteiger partial charge in [0.05, 0.1) is 5.69 Å². The Balaban J connectivity index is 2.63. The summed E-state index contributed by atoms with van der Waals surface area (Å²) >= 11 is 0. The van der Waals surface area contributed by atoms with Crippen molar-refractivity contribution in [3.05, 3.63) is 23.9 Å². The van der Waals surface area contributed by atoms with Crippen LogP contribution < -0.4 is 5.73 Å². The third kappa shape index (κ3) is 1.68. The smallest absolute Gasteiger partial charge is 0.141 e. The molecule has 1 atom stereocenters. The molecule has 4 heteroatoms. The van der Waals surface area contributed by atoms with Gasteiger partial charge in [0.2, 0.25) is 0 Å². The summed E-state index contributed by atoms with van der Waals surface area (Å²) in [6, 6.07) is 5.52. The first kappa shape index (κ1) is 9.98. The Hall–Kier alpha value is -1.55. The van der Waals surface area contributed by atoms with Crippen LogP contribution in [0.4, 0.5) is 0 Å². The van der Waals surface area contributed by atoms with Gasteiger partial charge in [-0.05, 0) is 13.0 Å². The van der Waals surface area contributed by atoms with E-state index in [0.717, 1.165) is 23.0 Å². The van der Waals surface area contributed by atoms with Crippen LogP contribution in [0.1, 0.15) is 12.6 Å². The highest BCUT2D eigenvalue weighted by molar-refractivity contribution is 5.87. The monoisotopic (exact) mass is 205 g/mol. The van der Waals surface area contributed by atoms with E-state index in [9.17, 15) is 5.11 Å². The molecule has 2 aromatic rings. The molecule has 0 bridgehead atoms. The van der Waals surface area contributed by atoms with Gasteiger partial charge < -0.3 is 10.8 Å². The third-order valence-corrected chi connectivity index (χ3v) is 2.44. The highest BCUT2D eigenvalue weighted by Gasteiger charge is 2.12. The number of nitrogens with two attached hydrogens (primary N) is 1. The molecule has 0 aliphatic heterocycles. The van der Waals surface area contributed by atoms with E-state index in [1.54, 1.807) is 10.7 Å². The summed E-state index contributed by atoms with van der Waals surface area (Å²) in [6.45, 7) is 1.95. The SMILES string of the molecule is CC(N)Cc1nn(C)c2c(O)cccc12. The van der Waals surface area contributed by atoms with E-state index in [2.05, 4.69) is 5.10 Å². The van der Waals surface area contributed by atoms with Gasteiger partial charge in [-0.3, -0.25) is 4.68 Å². The molecule has 15 heavy (non-hydrogen) atoms. The zero-order chi connectivity index (χ0) is 11.0. The van der Waals surface area contributed by atoms with E-state index in [4.69, 9.17) is 5.73 Å². The lowest BCUT2D eigenvalue weighted by molar-refractivity contribution is 0.477. The molecule has 0 amide bonds. The number of hydrogen-bond donors (Lipinski definition) is 2. The number of phenolic OH excluding ortho intramolecular Hbond substituents is 1. The summed E-state index contributed by atoms with van der Waals surface area (Å²) in [5.74, 6) is 0.262. The average molecular weight is 205 g/mol. The van der Waals surface area contributed by atoms with Gasteiger partial charge in [-0.15, -0.1) is 0 Å². The number of para-hydroxylation sites is 1. The minimum absolute atomic E-state index is 0.0745. The summed E-state index contributed by atoms with van der Waals surface area (Å²) in [5, 5.41) is 15.1. The standard InChI is InChI=1S/C11H15N3O/c1-7(12)6-9-8-4-3-5-10(15)11(8)14(2)13-9/h3-5,7,15H,6,12H2,1-2H3. The molecule has 1 aromatic heterocycles. The molecule has 0 spiro atoms. The van der Waals surface area contributed by atoms with Crippen LogP contribution in [0.2, 0.25) is 0 Å². The van der Waals surface area contributed by atoms with Gasteiger partial charge in [0.15, 0.2) is 0 Å². The Morgan fingerprint density at radius 3 is 2.93 bits per heavy atom. The fourth-order valence-electron chi connectivity index (χ4n) is 1.84. The molecule has 3 N–H and O–H groups in total. The van der Waals surface area contributed by atoms with Crippen LogP contribution in [0, 0.1) is 0 Å². The van der Waals surface area contributed by atoms with Crippen molar-refractivity contribution >= 4 is 10.9 Å². The molecule has 0 aliphatic carbocycles. The van der Waals surface area contributed by atoms with Gasteiger partial charge >= 0.3 is 0 Å².